The van der Waals surface area contributed by atoms with Gasteiger partial charge in [0.25, 0.3) is 0 Å². The van der Waals surface area contributed by atoms with Gasteiger partial charge in [0.1, 0.15) is 24.2 Å². The van der Waals surface area contributed by atoms with Crippen LogP contribution >= 0.6 is 0 Å². The van der Waals surface area contributed by atoms with Gasteiger partial charge in [-0.05, 0) is 67.1 Å². The largest absolute Gasteiger partial charge is 0.632 e. The first-order valence-corrected chi connectivity index (χ1v) is 18.3. The third-order valence-electron chi connectivity index (χ3n) is 14.3. The maximum Gasteiger partial charge on any atom is 0.329 e. The van der Waals surface area contributed by atoms with E-state index in [0.29, 0.717) is 43.4 Å². The third-order valence-corrected chi connectivity index (χ3v) is 14.3. The quantitative estimate of drug-likeness (QED) is 0.146. The molecule has 3 aromatic rings. The molecule has 10 atom stereocenters. The monoisotopic (exact) mass is 658 g/mol. The molecule has 0 radical (unpaired) electrons. The average Bonchev–Trinajstić information content (AvgIpc) is 3.56. The minimum Gasteiger partial charge on any atom is -0.632 e. The van der Waals surface area contributed by atoms with E-state index in [9.17, 15) is 4.79 Å². The maximum absolute atomic E-state index is 15.0. The summed E-state index contributed by atoms with van der Waals surface area (Å²) in [5.41, 5.74) is 8.29. The minimum atomic E-state index is -0.629. The van der Waals surface area contributed by atoms with E-state index < -0.39 is 11.6 Å². The Kier molecular flexibility index (Phi) is 6.34. The molecule has 4 bridgehead atoms. The van der Waals surface area contributed by atoms with E-state index in [0.717, 1.165) is 37.1 Å². The van der Waals surface area contributed by atoms with Gasteiger partial charge in [0.15, 0.2) is 0 Å². The lowest BCUT2D eigenvalue weighted by Gasteiger charge is -2.68. The van der Waals surface area contributed by atoms with Crippen LogP contribution in [0.4, 0.5) is 5.69 Å². The van der Waals surface area contributed by atoms with Crippen LogP contribution < -0.4 is 4.90 Å². The number of aryl methyl sites for hydroxylation is 1. The molecule has 7 aliphatic heterocycles. The highest BCUT2D eigenvalue weighted by molar-refractivity contribution is 5.87. The van der Waals surface area contributed by atoms with E-state index >= 15 is 5.21 Å². The number of aromatic nitrogens is 1. The van der Waals surface area contributed by atoms with Crippen molar-refractivity contribution in [3.63, 3.8) is 0 Å². The number of allylic oxidation sites excluding steroid dienone is 3. The zero-order chi connectivity index (χ0) is 33.4. The number of hydrogen-bond donors (Lipinski definition) is 0. The predicted molar refractivity (Wildman–Crippen MR) is 190 cm³/mol. The maximum atomic E-state index is 15.0. The van der Waals surface area contributed by atoms with Crippen LogP contribution in [0.3, 0.4) is 0 Å². The molecule has 7 aliphatic rings. The van der Waals surface area contributed by atoms with E-state index in [1.165, 1.54) is 40.4 Å². The van der Waals surface area contributed by atoms with Crippen molar-refractivity contribution < 1.29 is 18.9 Å². The Hall–Kier alpha value is -3.85. The lowest BCUT2D eigenvalue weighted by molar-refractivity contribution is -0.916. The van der Waals surface area contributed by atoms with Crippen LogP contribution in [0.25, 0.3) is 10.9 Å². The Balaban J connectivity index is 1.09. The fourth-order valence-corrected chi connectivity index (χ4v) is 12.2. The Morgan fingerprint density at radius 2 is 1.92 bits per heavy atom. The van der Waals surface area contributed by atoms with Crippen molar-refractivity contribution in [3.8, 4) is 0 Å². The highest BCUT2D eigenvalue weighted by Gasteiger charge is 2.70. The number of piperidine rings is 4. The molecule has 8 heteroatoms. The van der Waals surface area contributed by atoms with Crippen LogP contribution in [0, 0.1) is 23.0 Å². The topological polar surface area (TPSA) is 70.0 Å². The number of hydroxylamine groups is 3. The summed E-state index contributed by atoms with van der Waals surface area (Å²) in [4.78, 5) is 18.9. The molecule has 4 saturated heterocycles. The van der Waals surface area contributed by atoms with Gasteiger partial charge < -0.3 is 28.8 Å². The summed E-state index contributed by atoms with van der Waals surface area (Å²) in [6.07, 6.45) is 12.3. The fraction of sp³-hybridized carbons (Fsp3) is 0.488. The molecular formula is C41H46N4O4. The summed E-state index contributed by atoms with van der Waals surface area (Å²) in [5.74, 6) is 0.589. The van der Waals surface area contributed by atoms with Gasteiger partial charge in [-0.15, -0.1) is 0 Å². The molecule has 8 heterocycles. The molecule has 0 N–H and O–H groups in total. The van der Waals surface area contributed by atoms with Crippen molar-refractivity contribution in [1.29, 1.82) is 0 Å². The van der Waals surface area contributed by atoms with E-state index in [-0.39, 0.29) is 28.5 Å². The number of fused-ring (bicyclic) bond motifs is 12. The molecule has 0 aliphatic carbocycles. The van der Waals surface area contributed by atoms with Crippen LogP contribution in [0.2, 0.25) is 0 Å². The summed E-state index contributed by atoms with van der Waals surface area (Å²) in [6, 6.07) is 17.5. The third kappa shape index (κ3) is 3.72. The molecule has 1 unspecified atom stereocenters. The smallest absolute Gasteiger partial charge is 0.329 e. The Morgan fingerprint density at radius 1 is 1.10 bits per heavy atom. The number of carbonyl (C=O) groups is 1. The summed E-state index contributed by atoms with van der Waals surface area (Å²) < 4.78 is 14.1. The van der Waals surface area contributed by atoms with E-state index in [2.05, 4.69) is 95.2 Å². The van der Waals surface area contributed by atoms with Crippen molar-refractivity contribution in [2.45, 2.75) is 68.2 Å². The standard InChI is InChI=1S/C41H46N4O4/c1-5-24-21-45(47)17-15-32-27-11-7-9-13-34(27)44-39(40(46)48-4)29(24)20-37(45)41(32,44)16-14-25-22-49-23-31-28(25)18-36-38-30(19-35(31)42(36)2)26-10-6-8-12-33(26)43(38)3/h5-14,16,22,28-29,31-32,35-37,39H,15,17-21,23H2,1-4H3/b16-14+,24-5-/t28-,29-,31+,32+,35-,36-,37-,39-,41-,45?/m0/s1. The number of carbonyl (C=O) groups excluding carboxylic acids is 1. The summed E-state index contributed by atoms with van der Waals surface area (Å²) in [6.45, 7) is 3.79. The Morgan fingerprint density at radius 3 is 2.76 bits per heavy atom. The van der Waals surface area contributed by atoms with Gasteiger partial charge in [-0.2, -0.15) is 0 Å². The van der Waals surface area contributed by atoms with Crippen molar-refractivity contribution >= 4 is 22.6 Å². The summed E-state index contributed by atoms with van der Waals surface area (Å²) in [7, 11) is 6.05. The number of nitrogens with zero attached hydrogens (tertiary/aromatic N) is 4. The van der Waals surface area contributed by atoms with Gasteiger partial charge >= 0.3 is 5.97 Å². The lowest BCUT2D eigenvalue weighted by Crippen LogP contribution is -2.79. The van der Waals surface area contributed by atoms with Crippen LogP contribution in [0.5, 0.6) is 0 Å². The molecule has 2 aromatic carbocycles. The fourth-order valence-electron chi connectivity index (χ4n) is 12.2. The zero-order valence-corrected chi connectivity index (χ0v) is 28.9. The van der Waals surface area contributed by atoms with E-state index in [4.69, 9.17) is 9.47 Å². The van der Waals surface area contributed by atoms with Gasteiger partial charge in [-0.25, -0.2) is 4.79 Å². The SMILES string of the molecule is C/C=C1/C[N+]2([O-])CC[C@@H]3c4ccccc4N4[C@H](C(=O)OC)[C@H]1C[C@H]2[C@]34/C=C/C1=COC[C@@H]2[C@H]1C[C@H]1c3c(c4ccccc4n3C)C[C@@H]2N1C. The van der Waals surface area contributed by atoms with Crippen LogP contribution in [-0.4, -0.2) is 77.6 Å². The number of anilines is 1. The molecule has 0 saturated carbocycles. The first-order chi connectivity index (χ1) is 23.8. The average molecular weight is 659 g/mol. The van der Waals surface area contributed by atoms with Gasteiger partial charge in [0.2, 0.25) is 0 Å². The van der Waals surface area contributed by atoms with Gasteiger partial charge in [0, 0.05) is 66.0 Å². The Bertz CT molecular complexity index is 2000. The summed E-state index contributed by atoms with van der Waals surface area (Å²) in [5, 5.41) is 16.4. The molecule has 0 spiro atoms. The first kappa shape index (κ1) is 30.0. The molecule has 49 heavy (non-hydrogen) atoms. The molecule has 10 rings (SSSR count). The van der Waals surface area contributed by atoms with Gasteiger partial charge in [0.05, 0.1) is 32.6 Å². The molecule has 0 amide bonds. The molecular weight excluding hydrogens is 612 g/mol. The second kappa shape index (κ2) is 10.3. The van der Waals surface area contributed by atoms with E-state index in [1.54, 1.807) is 0 Å². The lowest BCUT2D eigenvalue weighted by atomic mass is 9.61. The minimum absolute atomic E-state index is 0.0426. The number of rotatable bonds is 3. The van der Waals surface area contributed by atoms with Crippen LogP contribution in [0.15, 0.2) is 84.2 Å². The summed E-state index contributed by atoms with van der Waals surface area (Å²) >= 11 is 0. The first-order valence-electron chi connectivity index (χ1n) is 18.3. The highest BCUT2D eigenvalue weighted by atomic mass is 16.6. The second-order valence-corrected chi connectivity index (χ2v) is 15.9. The number of methoxy groups -OCH3 is 1. The highest BCUT2D eigenvalue weighted by Crippen LogP contribution is 2.64. The molecule has 4 fully saturated rings. The predicted octanol–water partition coefficient (Wildman–Crippen LogP) is 6.13. The van der Waals surface area contributed by atoms with Crippen molar-refractivity contribution in [2.24, 2.45) is 24.8 Å². The Labute approximate surface area is 288 Å². The number of ether oxygens (including phenoxy) is 2. The van der Waals surface area contributed by atoms with E-state index in [1.807, 2.05) is 13.2 Å². The number of quaternary nitrogens is 1. The number of hydrogen-bond acceptors (Lipinski definition) is 6. The molecule has 1 aromatic heterocycles. The zero-order valence-electron chi connectivity index (χ0n) is 28.9. The van der Waals surface area contributed by atoms with Crippen LogP contribution in [0.1, 0.15) is 55.0 Å². The van der Waals surface area contributed by atoms with Crippen molar-refractivity contribution in [2.75, 3.05) is 38.8 Å². The number of esters is 1. The molecule has 8 nitrogen and oxygen atoms in total. The van der Waals surface area contributed by atoms with Crippen molar-refractivity contribution in [1.82, 2.24) is 9.47 Å². The van der Waals surface area contributed by atoms with Crippen LogP contribution in [-0.2, 0) is 27.7 Å². The number of likely N-dealkylation sites (N-methyl/N-ethyl adjacent to an activating group) is 1. The van der Waals surface area contributed by atoms with Gasteiger partial charge in [-0.3, -0.25) is 4.90 Å². The number of benzene rings is 2. The normalized spacial score (nSPS) is 39.3. The van der Waals surface area contributed by atoms with Crippen molar-refractivity contribution in [3.05, 3.63) is 106 Å². The second-order valence-electron chi connectivity index (χ2n) is 15.9. The van der Waals surface area contributed by atoms with Gasteiger partial charge in [-0.1, -0.05) is 54.6 Å². The number of para-hydroxylation sites is 2. The molecule has 254 valence electrons.